The van der Waals surface area contributed by atoms with Gasteiger partial charge in [-0.3, -0.25) is 9.59 Å². The number of nitrogens with zero attached hydrogens (tertiary/aromatic N) is 2. The van der Waals surface area contributed by atoms with E-state index in [2.05, 4.69) is 0 Å². The molecule has 0 aliphatic carbocycles. The van der Waals surface area contributed by atoms with Gasteiger partial charge in [0.05, 0.1) is 11.4 Å². The molecule has 1 fully saturated rings. The smallest absolute Gasteiger partial charge is 0.243 e. The minimum absolute atomic E-state index is 0.00177. The number of benzene rings is 1. The molecule has 7 nitrogen and oxygen atoms in total. The molecule has 1 amide bonds. The van der Waals surface area contributed by atoms with Gasteiger partial charge in [0.2, 0.25) is 15.9 Å². The predicted octanol–water partition coefficient (Wildman–Crippen LogP) is 2.85. The maximum Gasteiger partial charge on any atom is 0.243 e. The molecule has 0 spiro atoms. The molecular formula is C21H26N2O5S. The van der Waals surface area contributed by atoms with Gasteiger partial charge in [-0.05, 0) is 51.0 Å². The van der Waals surface area contributed by atoms with E-state index in [-0.39, 0.29) is 22.5 Å². The third-order valence-corrected chi connectivity index (χ3v) is 7.18. The monoisotopic (exact) mass is 418 g/mol. The average molecular weight is 419 g/mol. The molecule has 1 aliphatic rings. The van der Waals surface area contributed by atoms with Crippen molar-refractivity contribution in [2.75, 3.05) is 20.1 Å². The van der Waals surface area contributed by atoms with Crippen LogP contribution >= 0.6 is 0 Å². The van der Waals surface area contributed by atoms with Crippen LogP contribution in [0.1, 0.15) is 41.6 Å². The summed E-state index contributed by atoms with van der Waals surface area (Å²) in [6, 6.07) is 9.68. The molecule has 156 valence electrons. The van der Waals surface area contributed by atoms with Crippen LogP contribution in [0.3, 0.4) is 0 Å². The van der Waals surface area contributed by atoms with Crippen molar-refractivity contribution < 1.29 is 22.4 Å². The SMILES string of the molecule is CC(=O)c1ccc(S(=O)(=O)N2CCC(C(=O)N(C)Cc3ccc(C)o3)CC2)cc1. The largest absolute Gasteiger partial charge is 0.464 e. The third kappa shape index (κ3) is 4.76. The average Bonchev–Trinajstić information content (AvgIpc) is 3.12. The van der Waals surface area contributed by atoms with Gasteiger partial charge in [0.25, 0.3) is 0 Å². The molecule has 0 saturated carbocycles. The number of ketones is 1. The van der Waals surface area contributed by atoms with Crippen molar-refractivity contribution in [1.82, 2.24) is 9.21 Å². The highest BCUT2D eigenvalue weighted by atomic mass is 32.2. The fourth-order valence-corrected chi connectivity index (χ4v) is 5.02. The molecule has 0 radical (unpaired) electrons. The van der Waals surface area contributed by atoms with E-state index >= 15 is 0 Å². The highest BCUT2D eigenvalue weighted by molar-refractivity contribution is 7.89. The minimum Gasteiger partial charge on any atom is -0.464 e. The maximum atomic E-state index is 12.9. The van der Waals surface area contributed by atoms with Crippen LogP contribution in [0.25, 0.3) is 0 Å². The van der Waals surface area contributed by atoms with E-state index in [1.807, 2.05) is 19.1 Å². The summed E-state index contributed by atoms with van der Waals surface area (Å²) in [6.07, 6.45) is 0.955. The van der Waals surface area contributed by atoms with Crippen molar-refractivity contribution in [3.8, 4) is 0 Å². The predicted molar refractivity (Wildman–Crippen MR) is 108 cm³/mol. The summed E-state index contributed by atoms with van der Waals surface area (Å²) in [5, 5.41) is 0. The van der Waals surface area contributed by atoms with Gasteiger partial charge in [0.1, 0.15) is 11.5 Å². The molecular weight excluding hydrogens is 392 g/mol. The van der Waals surface area contributed by atoms with Crippen molar-refractivity contribution in [2.24, 2.45) is 5.92 Å². The number of rotatable bonds is 6. The molecule has 3 rings (SSSR count). The Hall–Kier alpha value is -2.45. The lowest BCUT2D eigenvalue weighted by molar-refractivity contribution is -0.136. The topological polar surface area (TPSA) is 87.9 Å². The van der Waals surface area contributed by atoms with Gasteiger partial charge in [-0.15, -0.1) is 0 Å². The Bertz CT molecular complexity index is 986. The first-order valence-electron chi connectivity index (χ1n) is 9.60. The molecule has 0 bridgehead atoms. The van der Waals surface area contributed by atoms with Crippen LogP contribution < -0.4 is 0 Å². The zero-order chi connectivity index (χ0) is 21.2. The number of Topliss-reactive ketones (excluding diaryl/α,β-unsaturated/α-hetero) is 1. The Morgan fingerprint density at radius 1 is 1.10 bits per heavy atom. The number of carbonyl (C=O) groups excluding carboxylic acids is 2. The molecule has 0 atom stereocenters. The second-order valence-electron chi connectivity index (χ2n) is 7.47. The van der Waals surface area contributed by atoms with Crippen LogP contribution in [0.2, 0.25) is 0 Å². The Morgan fingerprint density at radius 2 is 1.72 bits per heavy atom. The van der Waals surface area contributed by atoms with Gasteiger partial charge >= 0.3 is 0 Å². The Kier molecular flexibility index (Phi) is 6.24. The molecule has 2 heterocycles. The molecule has 0 N–H and O–H groups in total. The van der Waals surface area contributed by atoms with Crippen LogP contribution in [0.5, 0.6) is 0 Å². The zero-order valence-electron chi connectivity index (χ0n) is 16.9. The normalized spacial score (nSPS) is 16.0. The molecule has 2 aromatic rings. The van der Waals surface area contributed by atoms with Gasteiger partial charge in [-0.2, -0.15) is 4.31 Å². The molecule has 1 aromatic carbocycles. The summed E-state index contributed by atoms with van der Waals surface area (Å²) in [5.41, 5.74) is 0.475. The number of piperidine rings is 1. The number of carbonyl (C=O) groups is 2. The minimum atomic E-state index is -3.64. The van der Waals surface area contributed by atoms with E-state index in [1.54, 1.807) is 11.9 Å². The molecule has 0 unspecified atom stereocenters. The first-order valence-corrected chi connectivity index (χ1v) is 11.0. The lowest BCUT2D eigenvalue weighted by atomic mass is 9.96. The lowest BCUT2D eigenvalue weighted by Gasteiger charge is -2.32. The Labute approximate surface area is 171 Å². The summed E-state index contributed by atoms with van der Waals surface area (Å²) >= 11 is 0. The van der Waals surface area contributed by atoms with Gasteiger partial charge < -0.3 is 9.32 Å². The number of hydrogen-bond acceptors (Lipinski definition) is 5. The summed E-state index contributed by atoms with van der Waals surface area (Å²) in [4.78, 5) is 25.9. The van der Waals surface area contributed by atoms with Crippen molar-refractivity contribution in [1.29, 1.82) is 0 Å². The van der Waals surface area contributed by atoms with E-state index in [9.17, 15) is 18.0 Å². The Balaban J connectivity index is 1.60. The van der Waals surface area contributed by atoms with Crippen LogP contribution in [0.15, 0.2) is 45.7 Å². The summed E-state index contributed by atoms with van der Waals surface area (Å²) in [5.74, 6) is 1.22. The number of hydrogen-bond donors (Lipinski definition) is 0. The van der Waals surface area contributed by atoms with E-state index < -0.39 is 10.0 Å². The van der Waals surface area contributed by atoms with Crippen LogP contribution in [0.4, 0.5) is 0 Å². The third-order valence-electron chi connectivity index (χ3n) is 5.27. The number of amides is 1. The molecule has 8 heteroatoms. The van der Waals surface area contributed by atoms with Crippen molar-refractivity contribution in [2.45, 2.75) is 38.1 Å². The first-order chi connectivity index (χ1) is 13.7. The van der Waals surface area contributed by atoms with Crippen molar-refractivity contribution >= 4 is 21.7 Å². The van der Waals surface area contributed by atoms with Gasteiger partial charge in [0.15, 0.2) is 5.78 Å². The van der Waals surface area contributed by atoms with E-state index in [1.165, 1.54) is 35.5 Å². The highest BCUT2D eigenvalue weighted by Gasteiger charge is 2.33. The molecule has 1 saturated heterocycles. The molecule has 1 aromatic heterocycles. The number of sulfonamides is 1. The molecule has 1 aliphatic heterocycles. The second kappa shape index (κ2) is 8.51. The van der Waals surface area contributed by atoms with Crippen LogP contribution in [-0.2, 0) is 21.4 Å². The zero-order valence-corrected chi connectivity index (χ0v) is 17.7. The standard InChI is InChI=1S/C21H26N2O5S/c1-15-4-7-19(28-15)14-22(3)21(25)18-10-12-23(13-11-18)29(26,27)20-8-5-17(6-9-20)16(2)24/h4-9,18H,10-14H2,1-3H3. The molecule has 29 heavy (non-hydrogen) atoms. The Morgan fingerprint density at radius 3 is 2.24 bits per heavy atom. The number of furan rings is 1. The first kappa shape index (κ1) is 21.3. The van der Waals surface area contributed by atoms with Crippen molar-refractivity contribution in [3.63, 3.8) is 0 Å². The maximum absolute atomic E-state index is 12.9. The summed E-state index contributed by atoms with van der Waals surface area (Å²) in [6.45, 7) is 4.28. The van der Waals surface area contributed by atoms with Crippen molar-refractivity contribution in [3.05, 3.63) is 53.5 Å². The highest BCUT2D eigenvalue weighted by Crippen LogP contribution is 2.25. The van der Waals surface area contributed by atoms with Gasteiger partial charge in [0, 0.05) is 31.6 Å². The van der Waals surface area contributed by atoms with E-state index in [0.717, 1.165) is 11.5 Å². The number of aryl methyl sites for hydroxylation is 1. The van der Waals surface area contributed by atoms with Crippen LogP contribution in [0, 0.1) is 12.8 Å². The van der Waals surface area contributed by atoms with Crippen LogP contribution in [-0.4, -0.2) is 49.5 Å². The fourth-order valence-electron chi connectivity index (χ4n) is 3.55. The van der Waals surface area contributed by atoms with Gasteiger partial charge in [-0.1, -0.05) is 12.1 Å². The fraction of sp³-hybridized carbons (Fsp3) is 0.429. The summed E-state index contributed by atoms with van der Waals surface area (Å²) in [7, 11) is -1.90. The second-order valence-corrected chi connectivity index (χ2v) is 9.40. The van der Waals surface area contributed by atoms with E-state index in [4.69, 9.17) is 4.42 Å². The quantitative estimate of drug-likeness (QED) is 0.673. The van der Waals surface area contributed by atoms with E-state index in [0.29, 0.717) is 38.0 Å². The lowest BCUT2D eigenvalue weighted by Crippen LogP contribution is -2.43. The van der Waals surface area contributed by atoms with Gasteiger partial charge in [-0.25, -0.2) is 8.42 Å². The summed E-state index contributed by atoms with van der Waals surface area (Å²) < 4.78 is 32.6.